The molecule has 1 aliphatic heterocycles. The minimum Gasteiger partial charge on any atom is -0.435 e. The minimum absolute atomic E-state index is 0.0412. The van der Waals surface area contributed by atoms with Gasteiger partial charge in [0, 0.05) is 0 Å². The van der Waals surface area contributed by atoms with Gasteiger partial charge in [0.2, 0.25) is 6.41 Å². The smallest absolute Gasteiger partial charge is 0.387 e. The molecule has 1 atom stereocenters. The van der Waals surface area contributed by atoms with Crippen LogP contribution in [-0.4, -0.2) is 30.4 Å². The van der Waals surface area contributed by atoms with Crippen molar-refractivity contribution in [1.82, 2.24) is 10.5 Å². The molecule has 1 aliphatic rings. The SMILES string of the molecule is O=CNN1CC(c2ccccc2)C(c2ccc(OC(F)F)cc2)=N1. The normalized spacial score (nSPS) is 16.9. The third kappa shape index (κ3) is 3.51. The number of alkyl halides is 2. The van der Waals surface area contributed by atoms with Gasteiger partial charge in [-0.15, -0.1) is 0 Å². The van der Waals surface area contributed by atoms with Gasteiger partial charge < -0.3 is 4.74 Å². The van der Waals surface area contributed by atoms with Crippen molar-refractivity contribution in [2.45, 2.75) is 12.5 Å². The molecule has 1 heterocycles. The summed E-state index contributed by atoms with van der Waals surface area (Å²) in [5.41, 5.74) is 5.11. The summed E-state index contributed by atoms with van der Waals surface area (Å²) in [5, 5.41) is 5.88. The first-order valence-electron chi connectivity index (χ1n) is 7.33. The molecule has 124 valence electrons. The van der Waals surface area contributed by atoms with Crippen LogP contribution in [0.4, 0.5) is 8.78 Å². The van der Waals surface area contributed by atoms with Gasteiger partial charge in [0.15, 0.2) is 0 Å². The minimum atomic E-state index is -2.86. The second kappa shape index (κ2) is 7.08. The largest absolute Gasteiger partial charge is 0.435 e. The second-order valence-electron chi connectivity index (χ2n) is 5.18. The molecule has 0 saturated heterocycles. The predicted octanol–water partition coefficient (Wildman–Crippen LogP) is 2.75. The summed E-state index contributed by atoms with van der Waals surface area (Å²) in [6.45, 7) is -2.36. The molecule has 5 nitrogen and oxygen atoms in total. The number of halogens is 2. The highest BCUT2D eigenvalue weighted by Crippen LogP contribution is 2.28. The van der Waals surface area contributed by atoms with Crippen molar-refractivity contribution in [2.24, 2.45) is 5.10 Å². The summed E-state index contributed by atoms with van der Waals surface area (Å²) in [6.07, 6.45) is 0.564. The van der Waals surface area contributed by atoms with Crippen molar-refractivity contribution < 1.29 is 18.3 Å². The molecule has 0 fully saturated rings. The van der Waals surface area contributed by atoms with Gasteiger partial charge in [-0.2, -0.15) is 13.9 Å². The number of nitrogens with one attached hydrogen (secondary N) is 1. The molecule has 7 heteroatoms. The molecule has 2 aromatic rings. The van der Waals surface area contributed by atoms with Gasteiger partial charge in [0.1, 0.15) is 5.75 Å². The van der Waals surface area contributed by atoms with Crippen LogP contribution in [0.2, 0.25) is 0 Å². The van der Waals surface area contributed by atoms with Gasteiger partial charge in [-0.25, -0.2) is 5.12 Å². The average molecular weight is 331 g/mol. The Bertz CT molecular complexity index is 720. The molecule has 2 aromatic carbocycles. The lowest BCUT2D eigenvalue weighted by Crippen LogP contribution is -2.31. The number of carbonyl (C=O) groups is 1. The maximum absolute atomic E-state index is 12.2. The fourth-order valence-corrected chi connectivity index (χ4v) is 2.66. The van der Waals surface area contributed by atoms with Gasteiger partial charge in [-0.05, 0) is 35.4 Å². The van der Waals surface area contributed by atoms with Crippen LogP contribution < -0.4 is 10.2 Å². The Hall–Kier alpha value is -2.96. The van der Waals surface area contributed by atoms with Crippen LogP contribution in [0.15, 0.2) is 59.7 Å². The molecule has 0 aromatic heterocycles. The summed E-state index contributed by atoms with van der Waals surface area (Å²) < 4.78 is 28.9. The lowest BCUT2D eigenvalue weighted by molar-refractivity contribution is -0.113. The molecular formula is C17H15F2N3O2. The lowest BCUT2D eigenvalue weighted by Gasteiger charge is -2.15. The van der Waals surface area contributed by atoms with Crippen LogP contribution in [0.3, 0.4) is 0 Å². The molecule has 0 aliphatic carbocycles. The summed E-state index contributed by atoms with van der Waals surface area (Å²) in [6, 6.07) is 16.1. The number of hydrazine groups is 1. The Labute approximate surface area is 137 Å². The second-order valence-corrected chi connectivity index (χ2v) is 5.18. The molecule has 0 bridgehead atoms. The summed E-state index contributed by atoms with van der Waals surface area (Å²) in [5.74, 6) is 0.0481. The quantitative estimate of drug-likeness (QED) is 0.828. The molecule has 0 saturated carbocycles. The van der Waals surface area contributed by atoms with Gasteiger partial charge in [0.25, 0.3) is 0 Å². The Kier molecular flexibility index (Phi) is 4.69. The summed E-state index contributed by atoms with van der Waals surface area (Å²) in [7, 11) is 0. The monoisotopic (exact) mass is 331 g/mol. The van der Waals surface area contributed by atoms with E-state index < -0.39 is 6.61 Å². The maximum atomic E-state index is 12.2. The highest BCUT2D eigenvalue weighted by atomic mass is 19.3. The standard InChI is InChI=1S/C17H15F2N3O2/c18-17(19)24-14-8-6-13(7-9-14)16-15(10-22(21-16)20-11-23)12-4-2-1-3-5-12/h1-9,11,15,17H,10H2,(H,20,23). The van der Waals surface area contributed by atoms with Gasteiger partial charge in [0.05, 0.1) is 18.2 Å². The molecule has 1 unspecified atom stereocenters. The van der Waals surface area contributed by atoms with Crippen LogP contribution in [-0.2, 0) is 4.79 Å². The van der Waals surface area contributed by atoms with Crippen LogP contribution in [0.1, 0.15) is 17.0 Å². The number of benzene rings is 2. The molecular weight excluding hydrogens is 316 g/mol. The number of carbonyl (C=O) groups excluding carboxylic acids is 1. The summed E-state index contributed by atoms with van der Waals surface area (Å²) in [4.78, 5) is 10.7. The summed E-state index contributed by atoms with van der Waals surface area (Å²) >= 11 is 0. The van der Waals surface area contributed by atoms with Crippen LogP contribution >= 0.6 is 0 Å². The predicted molar refractivity (Wildman–Crippen MR) is 84.7 cm³/mol. The maximum Gasteiger partial charge on any atom is 0.387 e. The number of nitrogens with zero attached hydrogens (tertiary/aromatic N) is 2. The third-order valence-corrected chi connectivity index (χ3v) is 3.69. The molecule has 1 N–H and O–H groups in total. The van der Waals surface area contributed by atoms with E-state index >= 15 is 0 Å². The fraction of sp³-hybridized carbons (Fsp3) is 0.176. The van der Waals surface area contributed by atoms with Crippen molar-refractivity contribution >= 4 is 12.1 Å². The number of ether oxygens (including phenoxy) is 1. The molecule has 0 radical (unpaired) electrons. The number of hydrogen-bond donors (Lipinski definition) is 1. The van der Waals surface area contributed by atoms with E-state index in [-0.39, 0.29) is 11.7 Å². The lowest BCUT2D eigenvalue weighted by atomic mass is 9.91. The Morgan fingerprint density at radius 1 is 1.17 bits per heavy atom. The topological polar surface area (TPSA) is 53.9 Å². The molecule has 0 spiro atoms. The van der Waals surface area contributed by atoms with Gasteiger partial charge >= 0.3 is 6.61 Å². The van der Waals surface area contributed by atoms with Crippen molar-refractivity contribution in [2.75, 3.05) is 6.54 Å². The number of rotatable bonds is 6. The van der Waals surface area contributed by atoms with Crippen molar-refractivity contribution in [3.63, 3.8) is 0 Å². The van der Waals surface area contributed by atoms with E-state index in [9.17, 15) is 13.6 Å². The number of hydrogen-bond acceptors (Lipinski definition) is 4. The molecule has 1 amide bonds. The highest BCUT2D eigenvalue weighted by molar-refractivity contribution is 6.06. The van der Waals surface area contributed by atoms with E-state index in [0.717, 1.165) is 16.8 Å². The van der Waals surface area contributed by atoms with Crippen molar-refractivity contribution in [1.29, 1.82) is 0 Å². The van der Waals surface area contributed by atoms with Crippen LogP contribution in [0, 0.1) is 0 Å². The number of hydrazone groups is 1. The Morgan fingerprint density at radius 3 is 2.50 bits per heavy atom. The van der Waals surface area contributed by atoms with Crippen molar-refractivity contribution in [3.05, 3.63) is 65.7 Å². The van der Waals surface area contributed by atoms with E-state index in [0.29, 0.717) is 13.0 Å². The first-order chi connectivity index (χ1) is 11.7. The van der Waals surface area contributed by atoms with E-state index in [1.165, 1.54) is 17.3 Å². The van der Waals surface area contributed by atoms with E-state index in [2.05, 4.69) is 15.3 Å². The van der Waals surface area contributed by atoms with E-state index in [1.54, 1.807) is 12.1 Å². The Balaban J connectivity index is 1.89. The molecule has 24 heavy (non-hydrogen) atoms. The zero-order valence-corrected chi connectivity index (χ0v) is 12.6. The first-order valence-corrected chi connectivity index (χ1v) is 7.33. The zero-order chi connectivity index (χ0) is 16.9. The van der Waals surface area contributed by atoms with E-state index in [4.69, 9.17) is 0 Å². The number of amides is 1. The average Bonchev–Trinajstić information content (AvgIpc) is 3.00. The molecule has 3 rings (SSSR count). The third-order valence-electron chi connectivity index (χ3n) is 3.69. The van der Waals surface area contributed by atoms with E-state index in [1.807, 2.05) is 30.3 Å². The van der Waals surface area contributed by atoms with Gasteiger partial charge in [-0.3, -0.25) is 10.2 Å². The highest BCUT2D eigenvalue weighted by Gasteiger charge is 2.29. The van der Waals surface area contributed by atoms with Crippen LogP contribution in [0.25, 0.3) is 0 Å². The van der Waals surface area contributed by atoms with Gasteiger partial charge in [-0.1, -0.05) is 30.3 Å². The zero-order valence-electron chi connectivity index (χ0n) is 12.6. The Morgan fingerprint density at radius 2 is 1.88 bits per heavy atom. The van der Waals surface area contributed by atoms with Crippen LogP contribution in [0.5, 0.6) is 5.75 Å². The van der Waals surface area contributed by atoms with Crippen molar-refractivity contribution in [3.8, 4) is 5.75 Å². The fourth-order valence-electron chi connectivity index (χ4n) is 2.66. The first kappa shape index (κ1) is 15.9.